The van der Waals surface area contributed by atoms with E-state index in [1.54, 1.807) is 0 Å². The van der Waals surface area contributed by atoms with Crippen molar-refractivity contribution in [3.05, 3.63) is 0 Å². The van der Waals surface area contributed by atoms with Crippen molar-refractivity contribution in [2.24, 2.45) is 0 Å². The van der Waals surface area contributed by atoms with E-state index in [9.17, 15) is 4.79 Å². The van der Waals surface area contributed by atoms with E-state index in [2.05, 4.69) is 6.92 Å². The van der Waals surface area contributed by atoms with E-state index in [4.69, 9.17) is 9.47 Å². The highest BCUT2D eigenvalue weighted by atomic mass is 16.6. The van der Waals surface area contributed by atoms with Crippen LogP contribution < -0.4 is 0 Å². The molecule has 3 heteroatoms. The Bertz CT molecular complexity index is 256. The lowest BCUT2D eigenvalue weighted by Gasteiger charge is -2.19. The van der Waals surface area contributed by atoms with Gasteiger partial charge in [-0.25, -0.2) is 4.79 Å². The van der Waals surface area contributed by atoms with Crippen molar-refractivity contribution in [2.45, 2.75) is 104 Å². The highest BCUT2D eigenvalue weighted by Crippen LogP contribution is 2.11. The molecule has 22 heavy (non-hydrogen) atoms. The summed E-state index contributed by atoms with van der Waals surface area (Å²) in [5.74, 6) is -0.268. The Labute approximate surface area is 138 Å². The van der Waals surface area contributed by atoms with Crippen LogP contribution in [0.5, 0.6) is 0 Å². The average Bonchev–Trinajstić information content (AvgIpc) is 2.42. The van der Waals surface area contributed by atoms with Gasteiger partial charge in [0.2, 0.25) is 0 Å². The van der Waals surface area contributed by atoms with Crippen molar-refractivity contribution in [2.75, 3.05) is 13.2 Å². The number of unbranched alkanes of at least 4 members (excludes halogenated alkanes) is 10. The molecule has 0 bridgehead atoms. The van der Waals surface area contributed by atoms with Gasteiger partial charge < -0.3 is 9.47 Å². The third-order valence-electron chi connectivity index (χ3n) is 3.53. The van der Waals surface area contributed by atoms with Gasteiger partial charge in [0, 0.05) is 6.61 Å². The Morgan fingerprint density at radius 1 is 0.773 bits per heavy atom. The maximum Gasteiger partial charge on any atom is 0.332 e. The smallest absolute Gasteiger partial charge is 0.332 e. The Kier molecular flexibility index (Phi) is 13.7. The van der Waals surface area contributed by atoms with Gasteiger partial charge in [0.25, 0.3) is 0 Å². The molecule has 0 N–H and O–H groups in total. The van der Waals surface area contributed by atoms with Gasteiger partial charge in [-0.05, 0) is 27.2 Å². The molecule has 0 rings (SSSR count). The topological polar surface area (TPSA) is 35.5 Å². The van der Waals surface area contributed by atoms with Gasteiger partial charge in [-0.2, -0.15) is 0 Å². The molecule has 0 fully saturated rings. The van der Waals surface area contributed by atoms with Crippen molar-refractivity contribution in [1.82, 2.24) is 0 Å². The largest absolute Gasteiger partial charge is 0.458 e. The van der Waals surface area contributed by atoms with Crippen molar-refractivity contribution in [3.63, 3.8) is 0 Å². The van der Waals surface area contributed by atoms with E-state index in [0.29, 0.717) is 6.61 Å². The first-order valence-corrected chi connectivity index (χ1v) is 9.25. The maximum atomic E-state index is 11.4. The molecule has 0 spiro atoms. The van der Waals surface area contributed by atoms with Gasteiger partial charge in [0.1, 0.15) is 12.2 Å². The monoisotopic (exact) mass is 314 g/mol. The minimum absolute atomic E-state index is 0.0784. The molecule has 0 saturated heterocycles. The van der Waals surface area contributed by atoms with Crippen molar-refractivity contribution in [1.29, 1.82) is 0 Å². The molecule has 0 radical (unpaired) electrons. The van der Waals surface area contributed by atoms with E-state index >= 15 is 0 Å². The maximum absolute atomic E-state index is 11.4. The number of rotatable bonds is 14. The number of hydrogen-bond acceptors (Lipinski definition) is 3. The van der Waals surface area contributed by atoms with Crippen LogP contribution in [0.1, 0.15) is 98.3 Å². The van der Waals surface area contributed by atoms with Crippen LogP contribution in [0.4, 0.5) is 0 Å². The second-order valence-electron chi connectivity index (χ2n) is 7.17. The number of hydrogen-bond donors (Lipinski definition) is 0. The molecule has 0 unspecified atom stereocenters. The minimum atomic E-state index is -0.420. The second-order valence-corrected chi connectivity index (χ2v) is 7.17. The van der Waals surface area contributed by atoms with E-state index in [-0.39, 0.29) is 12.6 Å². The zero-order valence-corrected chi connectivity index (χ0v) is 15.4. The summed E-state index contributed by atoms with van der Waals surface area (Å²) < 4.78 is 10.5. The first-order valence-electron chi connectivity index (χ1n) is 9.25. The van der Waals surface area contributed by atoms with Gasteiger partial charge in [-0.15, -0.1) is 0 Å². The van der Waals surface area contributed by atoms with Gasteiger partial charge in [0.15, 0.2) is 0 Å². The standard InChI is InChI=1S/C19H38O3/c1-5-6-7-8-9-10-11-12-13-14-15-16-21-17-18(20)22-19(2,3)4/h5-17H2,1-4H3. The lowest BCUT2D eigenvalue weighted by atomic mass is 10.1. The molecule has 0 atom stereocenters. The van der Waals surface area contributed by atoms with Gasteiger partial charge >= 0.3 is 5.97 Å². The molecule has 0 aromatic heterocycles. The summed E-state index contributed by atoms with van der Waals surface area (Å²) >= 11 is 0. The zero-order chi connectivity index (χ0) is 16.7. The zero-order valence-electron chi connectivity index (χ0n) is 15.4. The highest BCUT2D eigenvalue weighted by Gasteiger charge is 2.15. The van der Waals surface area contributed by atoms with Crippen molar-refractivity contribution >= 4 is 5.97 Å². The van der Waals surface area contributed by atoms with Crippen LogP contribution in [0.15, 0.2) is 0 Å². The Morgan fingerprint density at radius 2 is 1.23 bits per heavy atom. The third-order valence-corrected chi connectivity index (χ3v) is 3.53. The molecule has 0 amide bonds. The molecule has 132 valence electrons. The van der Waals surface area contributed by atoms with E-state index in [1.165, 1.54) is 64.2 Å². The number of carbonyl (C=O) groups excluding carboxylic acids is 1. The molecule has 3 nitrogen and oxygen atoms in total. The van der Waals surface area contributed by atoms with E-state index in [1.807, 2.05) is 20.8 Å². The molecule has 0 aromatic rings. The normalized spacial score (nSPS) is 11.6. The fraction of sp³-hybridized carbons (Fsp3) is 0.947. The predicted octanol–water partition coefficient (Wildman–Crippen LogP) is 5.66. The number of esters is 1. The minimum Gasteiger partial charge on any atom is -0.458 e. The fourth-order valence-electron chi connectivity index (χ4n) is 2.39. The van der Waals surface area contributed by atoms with E-state index in [0.717, 1.165) is 6.42 Å². The first-order chi connectivity index (χ1) is 10.5. The summed E-state index contributed by atoms with van der Waals surface area (Å²) in [5, 5.41) is 0. The Hall–Kier alpha value is -0.570. The summed E-state index contributed by atoms with van der Waals surface area (Å²) in [7, 11) is 0. The second kappa shape index (κ2) is 14.0. The molecule has 0 heterocycles. The highest BCUT2D eigenvalue weighted by molar-refractivity contribution is 5.71. The third kappa shape index (κ3) is 17.5. The fourth-order valence-corrected chi connectivity index (χ4v) is 2.39. The lowest BCUT2D eigenvalue weighted by Crippen LogP contribution is -2.26. The van der Waals surface area contributed by atoms with Gasteiger partial charge in [0.05, 0.1) is 0 Å². The van der Waals surface area contributed by atoms with Gasteiger partial charge in [-0.1, -0.05) is 71.1 Å². The van der Waals surface area contributed by atoms with Crippen LogP contribution in [0, 0.1) is 0 Å². The van der Waals surface area contributed by atoms with Crippen LogP contribution in [0.2, 0.25) is 0 Å². The van der Waals surface area contributed by atoms with Crippen LogP contribution in [-0.2, 0) is 14.3 Å². The summed E-state index contributed by atoms with van der Waals surface area (Å²) in [4.78, 5) is 11.4. The lowest BCUT2D eigenvalue weighted by molar-refractivity contribution is -0.160. The SMILES string of the molecule is CCCCCCCCCCCCCOCC(=O)OC(C)(C)C. The molecule has 0 aliphatic rings. The Morgan fingerprint density at radius 3 is 1.68 bits per heavy atom. The molecular formula is C19H38O3. The first kappa shape index (κ1) is 21.4. The van der Waals surface area contributed by atoms with Gasteiger partial charge in [-0.3, -0.25) is 0 Å². The summed E-state index contributed by atoms with van der Waals surface area (Å²) in [5.41, 5.74) is -0.420. The van der Waals surface area contributed by atoms with Crippen LogP contribution >= 0.6 is 0 Å². The summed E-state index contributed by atoms with van der Waals surface area (Å²) in [6, 6.07) is 0. The summed E-state index contributed by atoms with van der Waals surface area (Å²) in [6.45, 7) is 8.61. The number of carbonyl (C=O) groups is 1. The van der Waals surface area contributed by atoms with Crippen LogP contribution in [0.3, 0.4) is 0 Å². The summed E-state index contributed by atoms with van der Waals surface area (Å²) in [6.07, 6.45) is 14.5. The van der Waals surface area contributed by atoms with Crippen LogP contribution in [0.25, 0.3) is 0 Å². The number of ether oxygens (including phenoxy) is 2. The average molecular weight is 315 g/mol. The van der Waals surface area contributed by atoms with Crippen molar-refractivity contribution in [3.8, 4) is 0 Å². The molecule has 0 saturated carbocycles. The molecule has 0 aliphatic heterocycles. The molecule has 0 aliphatic carbocycles. The predicted molar refractivity (Wildman–Crippen MR) is 93.1 cm³/mol. The quantitative estimate of drug-likeness (QED) is 0.307. The van der Waals surface area contributed by atoms with E-state index < -0.39 is 5.60 Å². The Balaban J connectivity index is 3.16. The van der Waals surface area contributed by atoms with Crippen LogP contribution in [-0.4, -0.2) is 24.8 Å². The van der Waals surface area contributed by atoms with Crippen molar-refractivity contribution < 1.29 is 14.3 Å². The molecule has 0 aromatic carbocycles. The molecular weight excluding hydrogens is 276 g/mol.